The van der Waals surface area contributed by atoms with Crippen molar-refractivity contribution in [1.29, 1.82) is 0 Å². The lowest BCUT2D eigenvalue weighted by molar-refractivity contribution is 0.412. The highest BCUT2D eigenvalue weighted by molar-refractivity contribution is 9.10. The van der Waals surface area contributed by atoms with Gasteiger partial charge in [0.1, 0.15) is 5.75 Å². The van der Waals surface area contributed by atoms with Gasteiger partial charge in [0.05, 0.1) is 17.3 Å². The maximum absolute atomic E-state index is 5.39. The molecule has 0 amide bonds. The van der Waals surface area contributed by atoms with Gasteiger partial charge in [-0.2, -0.15) is 0 Å². The summed E-state index contributed by atoms with van der Waals surface area (Å²) < 4.78 is 5.88. The molecule has 0 aliphatic carbocycles. The third-order valence-corrected chi connectivity index (χ3v) is 2.15. The Kier molecular flexibility index (Phi) is 3.73. The van der Waals surface area contributed by atoms with E-state index in [-0.39, 0.29) is 5.96 Å². The van der Waals surface area contributed by atoms with Crippen molar-refractivity contribution in [2.75, 3.05) is 7.11 Å². The number of aliphatic imine (C=N–C) groups is 1. The monoisotopic (exact) mass is 258 g/mol. The van der Waals surface area contributed by atoms with Crippen LogP contribution >= 0.6 is 15.9 Å². The molecule has 1 rings (SSSR count). The summed E-state index contributed by atoms with van der Waals surface area (Å²) in [6, 6.07) is 5.34. The van der Waals surface area contributed by atoms with Crippen molar-refractivity contribution in [2.24, 2.45) is 16.6 Å². The number of nitrogens with one attached hydrogen (secondary N) is 1. The predicted octanol–water partition coefficient (Wildman–Crippen LogP) is 0.867. The fourth-order valence-electron chi connectivity index (χ4n) is 0.896. The maximum Gasteiger partial charge on any atom is 0.208 e. The van der Waals surface area contributed by atoms with Gasteiger partial charge in [-0.1, -0.05) is 0 Å². The van der Waals surface area contributed by atoms with E-state index >= 15 is 0 Å². The second-order valence-electron chi connectivity index (χ2n) is 2.46. The number of hydrogen-bond acceptors (Lipinski definition) is 3. The summed E-state index contributed by atoms with van der Waals surface area (Å²) in [7, 11) is 1.60. The first-order valence-corrected chi connectivity index (χ1v) is 4.61. The van der Waals surface area contributed by atoms with Crippen molar-refractivity contribution >= 4 is 27.6 Å². The van der Waals surface area contributed by atoms with Crippen molar-refractivity contribution in [3.05, 3.63) is 22.7 Å². The van der Waals surface area contributed by atoms with E-state index < -0.39 is 0 Å². The number of ether oxygens (including phenoxy) is 1. The number of nitrogens with two attached hydrogens (primary N) is 2. The highest BCUT2D eigenvalue weighted by Gasteiger charge is 2.00. The van der Waals surface area contributed by atoms with Crippen molar-refractivity contribution in [3.63, 3.8) is 0 Å². The summed E-state index contributed by atoms with van der Waals surface area (Å²) in [4.78, 5) is 3.99. The van der Waals surface area contributed by atoms with Crippen molar-refractivity contribution in [1.82, 2.24) is 5.43 Å². The number of hydrazine groups is 1. The van der Waals surface area contributed by atoms with Gasteiger partial charge in [-0.25, -0.2) is 10.8 Å². The summed E-state index contributed by atoms with van der Waals surface area (Å²) in [6.07, 6.45) is 0. The van der Waals surface area contributed by atoms with Crippen LogP contribution in [0.15, 0.2) is 27.7 Å². The average Bonchev–Trinajstić information content (AvgIpc) is 2.18. The first-order chi connectivity index (χ1) is 6.67. The molecule has 0 aliphatic heterocycles. The van der Waals surface area contributed by atoms with Gasteiger partial charge in [0, 0.05) is 0 Å². The molecule has 0 fully saturated rings. The van der Waals surface area contributed by atoms with E-state index in [2.05, 4.69) is 26.3 Å². The number of hydrogen-bond donors (Lipinski definition) is 3. The van der Waals surface area contributed by atoms with Crippen molar-refractivity contribution < 1.29 is 4.74 Å². The van der Waals surface area contributed by atoms with E-state index in [4.69, 9.17) is 16.3 Å². The Hall–Kier alpha value is -1.27. The molecular formula is C8H11BrN4O. The molecule has 0 unspecified atom stereocenters. The molecule has 76 valence electrons. The molecule has 6 heteroatoms. The van der Waals surface area contributed by atoms with Crippen LogP contribution in [0.1, 0.15) is 0 Å². The minimum atomic E-state index is 0.155. The lowest BCUT2D eigenvalue weighted by Crippen LogP contribution is -2.36. The zero-order valence-corrected chi connectivity index (χ0v) is 9.21. The van der Waals surface area contributed by atoms with Crippen LogP contribution in [-0.4, -0.2) is 13.1 Å². The van der Waals surface area contributed by atoms with E-state index in [1.165, 1.54) is 0 Å². The molecule has 0 saturated heterocycles. The average molecular weight is 259 g/mol. The van der Waals surface area contributed by atoms with Crippen LogP contribution in [0.5, 0.6) is 5.75 Å². The zero-order chi connectivity index (χ0) is 10.6. The van der Waals surface area contributed by atoms with E-state index in [1.54, 1.807) is 25.3 Å². The van der Waals surface area contributed by atoms with Crippen LogP contribution < -0.4 is 21.7 Å². The Balaban J connectivity index is 2.97. The van der Waals surface area contributed by atoms with Crippen LogP contribution in [-0.2, 0) is 0 Å². The van der Waals surface area contributed by atoms with Crippen LogP contribution in [0.2, 0.25) is 0 Å². The van der Waals surface area contributed by atoms with Crippen molar-refractivity contribution in [2.45, 2.75) is 0 Å². The minimum Gasteiger partial charge on any atom is -0.496 e. The maximum atomic E-state index is 5.39. The Morgan fingerprint density at radius 1 is 1.57 bits per heavy atom. The Bertz CT molecular complexity index is 353. The molecule has 0 bridgehead atoms. The quantitative estimate of drug-likeness (QED) is 0.318. The molecule has 0 atom stereocenters. The van der Waals surface area contributed by atoms with Gasteiger partial charge in [0.2, 0.25) is 5.96 Å². The van der Waals surface area contributed by atoms with Gasteiger partial charge < -0.3 is 10.5 Å². The summed E-state index contributed by atoms with van der Waals surface area (Å²) in [5, 5.41) is 0. The summed E-state index contributed by atoms with van der Waals surface area (Å²) in [5.74, 6) is 5.97. The molecule has 0 aromatic heterocycles. The first kappa shape index (κ1) is 10.8. The van der Waals surface area contributed by atoms with E-state index in [0.717, 1.165) is 10.2 Å². The Morgan fingerprint density at radius 3 is 2.79 bits per heavy atom. The van der Waals surface area contributed by atoms with Crippen molar-refractivity contribution in [3.8, 4) is 5.75 Å². The highest BCUT2D eigenvalue weighted by atomic mass is 79.9. The fraction of sp³-hybridized carbons (Fsp3) is 0.125. The highest BCUT2D eigenvalue weighted by Crippen LogP contribution is 2.28. The normalized spacial score (nSPS) is 11.2. The van der Waals surface area contributed by atoms with Gasteiger partial charge in [0.15, 0.2) is 0 Å². The van der Waals surface area contributed by atoms with E-state index in [0.29, 0.717) is 5.69 Å². The topological polar surface area (TPSA) is 85.7 Å². The smallest absolute Gasteiger partial charge is 0.208 e. The number of halogens is 1. The molecular weight excluding hydrogens is 248 g/mol. The van der Waals surface area contributed by atoms with Gasteiger partial charge in [-0.15, -0.1) is 0 Å². The molecule has 0 saturated carbocycles. The van der Waals surface area contributed by atoms with E-state index in [9.17, 15) is 0 Å². The molecule has 1 aromatic rings. The second-order valence-corrected chi connectivity index (χ2v) is 3.31. The molecule has 0 radical (unpaired) electrons. The Morgan fingerprint density at radius 2 is 2.29 bits per heavy atom. The summed E-state index contributed by atoms with van der Waals surface area (Å²) >= 11 is 3.33. The molecule has 0 heterocycles. The zero-order valence-electron chi connectivity index (χ0n) is 7.62. The van der Waals surface area contributed by atoms with Gasteiger partial charge >= 0.3 is 0 Å². The summed E-state index contributed by atoms with van der Waals surface area (Å²) in [6.45, 7) is 0. The third kappa shape index (κ3) is 2.61. The number of rotatable bonds is 2. The second kappa shape index (κ2) is 4.83. The largest absolute Gasteiger partial charge is 0.496 e. The minimum absolute atomic E-state index is 0.155. The third-order valence-electron chi connectivity index (χ3n) is 1.53. The Labute approximate surface area is 90.2 Å². The summed E-state index contributed by atoms with van der Waals surface area (Å²) in [5.41, 5.74) is 8.32. The molecule has 0 spiro atoms. The lowest BCUT2D eigenvalue weighted by Gasteiger charge is -2.03. The molecule has 14 heavy (non-hydrogen) atoms. The molecule has 5 nitrogen and oxygen atoms in total. The number of methoxy groups -OCH3 is 1. The van der Waals surface area contributed by atoms with Crippen LogP contribution in [0.4, 0.5) is 5.69 Å². The van der Waals surface area contributed by atoms with Gasteiger partial charge in [0.25, 0.3) is 0 Å². The number of benzene rings is 1. The van der Waals surface area contributed by atoms with Gasteiger partial charge in [-0.3, -0.25) is 5.43 Å². The lowest BCUT2D eigenvalue weighted by atomic mass is 10.3. The van der Waals surface area contributed by atoms with Gasteiger partial charge in [-0.05, 0) is 34.1 Å². The standard InChI is InChI=1S/C8H11BrN4O/c1-14-7-3-2-5(4-6(7)9)12-8(10)13-11/h2-4H,11H2,1H3,(H3,10,12,13). The SMILES string of the molecule is COc1ccc(N=C(N)NN)cc1Br. The van der Waals surface area contributed by atoms with Crippen LogP contribution in [0, 0.1) is 0 Å². The first-order valence-electron chi connectivity index (χ1n) is 3.81. The fourth-order valence-corrected chi connectivity index (χ4v) is 1.42. The van der Waals surface area contributed by atoms with Crippen LogP contribution in [0.25, 0.3) is 0 Å². The molecule has 1 aromatic carbocycles. The molecule has 0 aliphatic rings. The number of guanidine groups is 1. The van der Waals surface area contributed by atoms with Crippen LogP contribution in [0.3, 0.4) is 0 Å². The molecule has 5 N–H and O–H groups in total. The van der Waals surface area contributed by atoms with E-state index in [1.807, 2.05) is 0 Å². The number of nitrogens with zero attached hydrogens (tertiary/aromatic N) is 1. The predicted molar refractivity (Wildman–Crippen MR) is 59.3 cm³/mol.